The molecule has 2 aliphatic rings. The number of carboxylic acids is 1. The number of carbonyl (C=O) groups is 2. The van der Waals surface area contributed by atoms with Crippen molar-refractivity contribution < 1.29 is 14.7 Å². The molecule has 0 radical (unpaired) electrons. The molecule has 0 aromatic rings. The van der Waals surface area contributed by atoms with Gasteiger partial charge in [-0.15, -0.1) is 0 Å². The molecule has 2 N–H and O–H groups in total. The zero-order valence-electron chi connectivity index (χ0n) is 8.19. The van der Waals surface area contributed by atoms with Crippen LogP contribution in [0.3, 0.4) is 0 Å². The number of hydrogen-bond acceptors (Lipinski definition) is 2. The van der Waals surface area contributed by atoms with Crippen molar-refractivity contribution in [3.05, 3.63) is 0 Å². The standard InChI is InChI=1S/C10H15NO3/c1-5(10(13)14)11-9(12)8-6-3-2-4-7(6)8/h5-8H,2-4H2,1H3,(H,11,12)(H,13,14). The van der Waals surface area contributed by atoms with E-state index in [1.807, 2.05) is 0 Å². The summed E-state index contributed by atoms with van der Waals surface area (Å²) in [5.74, 6) is 0.191. The highest BCUT2D eigenvalue weighted by atomic mass is 16.4. The zero-order chi connectivity index (χ0) is 10.3. The molecule has 0 aromatic heterocycles. The summed E-state index contributed by atoms with van der Waals surface area (Å²) >= 11 is 0. The number of nitrogens with one attached hydrogen (secondary N) is 1. The van der Waals surface area contributed by atoms with Gasteiger partial charge in [-0.05, 0) is 31.6 Å². The number of amides is 1. The van der Waals surface area contributed by atoms with Gasteiger partial charge in [-0.1, -0.05) is 6.42 Å². The Balaban J connectivity index is 1.83. The second kappa shape index (κ2) is 3.26. The monoisotopic (exact) mass is 197 g/mol. The normalized spacial score (nSPS) is 35.9. The summed E-state index contributed by atoms with van der Waals surface area (Å²) in [6, 6.07) is -0.760. The number of carboxylic acid groups (broad SMARTS) is 1. The van der Waals surface area contributed by atoms with Crippen LogP contribution in [0.1, 0.15) is 26.2 Å². The third-order valence-corrected chi connectivity index (χ3v) is 3.44. The summed E-state index contributed by atoms with van der Waals surface area (Å²) in [5, 5.41) is 11.2. The molecule has 0 heterocycles. The van der Waals surface area contributed by atoms with Gasteiger partial charge in [-0.3, -0.25) is 9.59 Å². The Bertz CT molecular complexity index is 267. The maximum absolute atomic E-state index is 11.6. The molecule has 2 rings (SSSR count). The molecule has 0 aliphatic heterocycles. The van der Waals surface area contributed by atoms with Crippen molar-refractivity contribution in [3.63, 3.8) is 0 Å². The fourth-order valence-electron chi connectivity index (χ4n) is 2.58. The topological polar surface area (TPSA) is 66.4 Å². The average Bonchev–Trinajstić information content (AvgIpc) is 2.61. The lowest BCUT2D eigenvalue weighted by Gasteiger charge is -2.09. The third-order valence-electron chi connectivity index (χ3n) is 3.44. The Morgan fingerprint density at radius 2 is 1.93 bits per heavy atom. The number of fused-ring (bicyclic) bond motifs is 1. The second-order valence-electron chi connectivity index (χ2n) is 4.35. The van der Waals surface area contributed by atoms with E-state index in [1.54, 1.807) is 0 Å². The van der Waals surface area contributed by atoms with E-state index >= 15 is 0 Å². The Labute approximate surface area is 82.7 Å². The second-order valence-corrected chi connectivity index (χ2v) is 4.35. The highest BCUT2D eigenvalue weighted by molar-refractivity contribution is 5.87. The van der Waals surface area contributed by atoms with Gasteiger partial charge in [0.2, 0.25) is 5.91 Å². The molecule has 2 aliphatic carbocycles. The van der Waals surface area contributed by atoms with Gasteiger partial charge in [-0.2, -0.15) is 0 Å². The Kier molecular flexibility index (Phi) is 2.21. The minimum absolute atomic E-state index is 0.0606. The predicted molar refractivity (Wildman–Crippen MR) is 49.6 cm³/mol. The molecule has 2 saturated carbocycles. The van der Waals surface area contributed by atoms with Crippen molar-refractivity contribution >= 4 is 11.9 Å². The lowest BCUT2D eigenvalue weighted by Crippen LogP contribution is -2.39. The lowest BCUT2D eigenvalue weighted by molar-refractivity contribution is -0.141. The van der Waals surface area contributed by atoms with E-state index in [1.165, 1.54) is 13.3 Å². The van der Waals surface area contributed by atoms with Gasteiger partial charge in [0.25, 0.3) is 0 Å². The van der Waals surface area contributed by atoms with Crippen LogP contribution in [0.2, 0.25) is 0 Å². The van der Waals surface area contributed by atoms with Crippen LogP contribution >= 0.6 is 0 Å². The SMILES string of the molecule is CC(NC(=O)C1C2CCCC21)C(=O)O. The summed E-state index contributed by atoms with van der Waals surface area (Å²) < 4.78 is 0. The molecule has 0 spiro atoms. The molecule has 2 fully saturated rings. The number of aliphatic carboxylic acids is 1. The van der Waals surface area contributed by atoms with Crippen LogP contribution in [-0.4, -0.2) is 23.0 Å². The van der Waals surface area contributed by atoms with Crippen molar-refractivity contribution in [3.8, 4) is 0 Å². The van der Waals surface area contributed by atoms with Gasteiger partial charge in [0, 0.05) is 5.92 Å². The highest BCUT2D eigenvalue weighted by Crippen LogP contribution is 2.57. The quantitative estimate of drug-likeness (QED) is 0.697. The zero-order valence-corrected chi connectivity index (χ0v) is 8.19. The van der Waals surface area contributed by atoms with Crippen LogP contribution < -0.4 is 5.32 Å². The molecule has 0 saturated heterocycles. The molecule has 78 valence electrons. The van der Waals surface area contributed by atoms with Crippen LogP contribution in [0.15, 0.2) is 0 Å². The first-order valence-electron chi connectivity index (χ1n) is 5.14. The molecule has 4 heteroatoms. The summed E-state index contributed by atoms with van der Waals surface area (Å²) in [5.41, 5.74) is 0. The summed E-state index contributed by atoms with van der Waals surface area (Å²) in [6.45, 7) is 1.50. The van der Waals surface area contributed by atoms with Gasteiger partial charge in [0.05, 0.1) is 0 Å². The first-order chi connectivity index (χ1) is 6.61. The van der Waals surface area contributed by atoms with Crippen molar-refractivity contribution in [2.24, 2.45) is 17.8 Å². The molecule has 1 amide bonds. The van der Waals surface area contributed by atoms with E-state index in [4.69, 9.17) is 5.11 Å². The Hall–Kier alpha value is -1.06. The molecule has 3 unspecified atom stereocenters. The lowest BCUT2D eigenvalue weighted by atomic mass is 10.1. The number of carbonyl (C=O) groups excluding carboxylic acids is 1. The maximum Gasteiger partial charge on any atom is 0.325 e. The van der Waals surface area contributed by atoms with Gasteiger partial charge >= 0.3 is 5.97 Å². The first-order valence-corrected chi connectivity index (χ1v) is 5.14. The van der Waals surface area contributed by atoms with E-state index in [2.05, 4.69) is 5.32 Å². The van der Waals surface area contributed by atoms with E-state index < -0.39 is 12.0 Å². The van der Waals surface area contributed by atoms with E-state index in [0.717, 1.165) is 12.8 Å². The minimum atomic E-state index is -0.968. The molecular formula is C10H15NO3. The largest absolute Gasteiger partial charge is 0.480 e. The molecule has 0 bridgehead atoms. The van der Waals surface area contributed by atoms with Crippen molar-refractivity contribution in [2.45, 2.75) is 32.2 Å². The van der Waals surface area contributed by atoms with Crippen LogP contribution in [0.25, 0.3) is 0 Å². The van der Waals surface area contributed by atoms with Gasteiger partial charge in [0.1, 0.15) is 6.04 Å². The minimum Gasteiger partial charge on any atom is -0.480 e. The third kappa shape index (κ3) is 1.49. The summed E-state index contributed by atoms with van der Waals surface area (Å²) in [7, 11) is 0. The first kappa shape index (κ1) is 9.49. The van der Waals surface area contributed by atoms with E-state index in [0.29, 0.717) is 11.8 Å². The van der Waals surface area contributed by atoms with Crippen molar-refractivity contribution in [1.29, 1.82) is 0 Å². The molecule has 0 aromatic carbocycles. The van der Waals surface area contributed by atoms with Crippen molar-refractivity contribution in [1.82, 2.24) is 5.32 Å². The van der Waals surface area contributed by atoms with Gasteiger partial charge in [0.15, 0.2) is 0 Å². The summed E-state index contributed by atoms with van der Waals surface area (Å²) in [4.78, 5) is 22.1. The fraction of sp³-hybridized carbons (Fsp3) is 0.800. The van der Waals surface area contributed by atoms with Crippen LogP contribution in [0, 0.1) is 17.8 Å². The Morgan fingerprint density at radius 1 is 1.36 bits per heavy atom. The molecule has 4 nitrogen and oxygen atoms in total. The van der Waals surface area contributed by atoms with Crippen LogP contribution in [0.5, 0.6) is 0 Å². The predicted octanol–water partition coefficient (Wildman–Crippen LogP) is 0.622. The molecule has 3 atom stereocenters. The summed E-state index contributed by atoms with van der Waals surface area (Å²) in [6.07, 6.45) is 3.52. The smallest absolute Gasteiger partial charge is 0.325 e. The number of hydrogen-bond donors (Lipinski definition) is 2. The maximum atomic E-state index is 11.6. The number of rotatable bonds is 3. The van der Waals surface area contributed by atoms with Crippen LogP contribution in [-0.2, 0) is 9.59 Å². The van der Waals surface area contributed by atoms with Crippen molar-refractivity contribution in [2.75, 3.05) is 0 Å². The Morgan fingerprint density at radius 3 is 2.43 bits per heavy atom. The van der Waals surface area contributed by atoms with Gasteiger partial charge < -0.3 is 10.4 Å². The highest BCUT2D eigenvalue weighted by Gasteiger charge is 2.56. The molecule has 14 heavy (non-hydrogen) atoms. The molecular weight excluding hydrogens is 182 g/mol. The van der Waals surface area contributed by atoms with Crippen LogP contribution in [0.4, 0.5) is 0 Å². The average molecular weight is 197 g/mol. The van der Waals surface area contributed by atoms with E-state index in [9.17, 15) is 9.59 Å². The fourth-order valence-corrected chi connectivity index (χ4v) is 2.58. The van der Waals surface area contributed by atoms with E-state index in [-0.39, 0.29) is 11.8 Å². The van der Waals surface area contributed by atoms with Gasteiger partial charge in [-0.25, -0.2) is 0 Å².